The van der Waals surface area contributed by atoms with E-state index in [9.17, 15) is 14.0 Å². The van der Waals surface area contributed by atoms with Gasteiger partial charge in [-0.2, -0.15) is 4.98 Å². The van der Waals surface area contributed by atoms with E-state index in [1.54, 1.807) is 6.07 Å². The monoisotopic (exact) mass is 417 g/mol. The van der Waals surface area contributed by atoms with Crippen LogP contribution in [0.3, 0.4) is 0 Å². The minimum absolute atomic E-state index is 0.0304. The second-order valence-electron chi connectivity index (χ2n) is 7.78. The molecule has 0 radical (unpaired) electrons. The van der Waals surface area contributed by atoms with Crippen LogP contribution in [0.25, 0.3) is 0 Å². The van der Waals surface area contributed by atoms with Gasteiger partial charge in [-0.3, -0.25) is 9.59 Å². The first-order valence-corrected chi connectivity index (χ1v) is 9.36. The number of hydrogen-bond acceptors (Lipinski definition) is 7. The highest BCUT2D eigenvalue weighted by molar-refractivity contribution is 6.31. The molecule has 0 saturated heterocycles. The van der Waals surface area contributed by atoms with Crippen LogP contribution in [0, 0.1) is 11.2 Å². The van der Waals surface area contributed by atoms with E-state index in [-0.39, 0.29) is 33.8 Å². The number of nitrogens with zero attached hydrogens (tertiary/aromatic N) is 2. The van der Waals surface area contributed by atoms with E-state index in [1.165, 1.54) is 24.4 Å². The fourth-order valence-electron chi connectivity index (χ4n) is 2.40. The largest absolute Gasteiger partial charge is 0.377 e. The lowest BCUT2D eigenvalue weighted by Crippen LogP contribution is -2.41. The summed E-state index contributed by atoms with van der Waals surface area (Å²) in [5.41, 5.74) is -0.344. The van der Waals surface area contributed by atoms with E-state index in [0.29, 0.717) is 11.5 Å². The Labute approximate surface area is 172 Å². The minimum Gasteiger partial charge on any atom is -0.377 e. The fourth-order valence-corrected chi connectivity index (χ4v) is 2.58. The molecule has 152 valence electrons. The Kier molecular flexibility index (Phi) is 5.57. The van der Waals surface area contributed by atoms with Gasteiger partial charge < -0.3 is 16.0 Å². The van der Waals surface area contributed by atoms with Gasteiger partial charge in [-0.15, -0.1) is 0 Å². The molecule has 0 aliphatic carbocycles. The standard InChI is InChI=1S/C20H21ClFN5O2/c1-10(20(2,3)4)24-15-16(18(29)17(15)28)26-14-7-8-23-19(27-14)25-11-5-6-13(22)12(21)9-11/h5-10,24H,1-4H3,(H2,23,25,26,27). The van der Waals surface area contributed by atoms with Crippen molar-refractivity contribution >= 4 is 40.4 Å². The van der Waals surface area contributed by atoms with Crippen LogP contribution in [0.5, 0.6) is 0 Å². The molecule has 0 fully saturated rings. The maximum absolute atomic E-state index is 13.3. The van der Waals surface area contributed by atoms with Crippen molar-refractivity contribution in [3.05, 3.63) is 61.7 Å². The molecule has 0 spiro atoms. The molecule has 3 N–H and O–H groups in total. The summed E-state index contributed by atoms with van der Waals surface area (Å²) in [5, 5.41) is 8.87. The van der Waals surface area contributed by atoms with Gasteiger partial charge in [-0.25, -0.2) is 9.37 Å². The van der Waals surface area contributed by atoms with Gasteiger partial charge >= 0.3 is 0 Å². The lowest BCUT2D eigenvalue weighted by molar-refractivity contribution is 0.359. The molecule has 1 heterocycles. The smallest absolute Gasteiger partial charge is 0.253 e. The maximum Gasteiger partial charge on any atom is 0.253 e. The van der Waals surface area contributed by atoms with Crippen molar-refractivity contribution < 1.29 is 4.39 Å². The van der Waals surface area contributed by atoms with Crippen LogP contribution in [-0.4, -0.2) is 16.0 Å². The van der Waals surface area contributed by atoms with E-state index >= 15 is 0 Å². The van der Waals surface area contributed by atoms with Crippen LogP contribution in [0.15, 0.2) is 40.1 Å². The summed E-state index contributed by atoms with van der Waals surface area (Å²) in [6.07, 6.45) is 1.49. The molecule has 9 heteroatoms. The number of benzene rings is 1. The SMILES string of the molecule is CC(Nc1c(Nc2ccnc(Nc3ccc(F)c(Cl)c3)n2)c(=O)c1=O)C(C)(C)C. The molecule has 0 bridgehead atoms. The number of nitrogens with one attached hydrogen (secondary N) is 3. The second-order valence-corrected chi connectivity index (χ2v) is 8.19. The molecule has 0 aliphatic rings. The predicted octanol–water partition coefficient (Wildman–Crippen LogP) is 4.20. The molecular formula is C20H21ClFN5O2. The van der Waals surface area contributed by atoms with Crippen molar-refractivity contribution in [1.82, 2.24) is 9.97 Å². The molecule has 1 atom stereocenters. The molecular weight excluding hydrogens is 397 g/mol. The van der Waals surface area contributed by atoms with E-state index in [2.05, 4.69) is 25.9 Å². The summed E-state index contributed by atoms with van der Waals surface area (Å²) in [5.74, 6) is 0.0152. The van der Waals surface area contributed by atoms with Crippen molar-refractivity contribution in [2.24, 2.45) is 5.41 Å². The Balaban J connectivity index is 1.79. The van der Waals surface area contributed by atoms with E-state index in [1.807, 2.05) is 27.7 Å². The van der Waals surface area contributed by atoms with Crippen LogP contribution < -0.4 is 26.8 Å². The van der Waals surface area contributed by atoms with Gasteiger partial charge in [-0.1, -0.05) is 32.4 Å². The third-order valence-corrected chi connectivity index (χ3v) is 4.94. The maximum atomic E-state index is 13.3. The quantitative estimate of drug-likeness (QED) is 0.517. The average Bonchev–Trinajstić information content (AvgIpc) is 2.66. The number of anilines is 5. The summed E-state index contributed by atoms with van der Waals surface area (Å²) in [6.45, 7) is 8.05. The summed E-state index contributed by atoms with van der Waals surface area (Å²) >= 11 is 5.78. The van der Waals surface area contributed by atoms with Crippen LogP contribution in [-0.2, 0) is 0 Å². The first-order chi connectivity index (χ1) is 13.6. The summed E-state index contributed by atoms with van der Waals surface area (Å²) < 4.78 is 13.3. The van der Waals surface area contributed by atoms with Gasteiger partial charge in [0.2, 0.25) is 5.95 Å². The topological polar surface area (TPSA) is 96.0 Å². The third kappa shape index (κ3) is 4.54. The summed E-state index contributed by atoms with van der Waals surface area (Å²) in [4.78, 5) is 32.4. The van der Waals surface area contributed by atoms with Crippen LogP contribution in [0.1, 0.15) is 27.7 Å². The predicted molar refractivity (Wildman–Crippen MR) is 114 cm³/mol. The van der Waals surface area contributed by atoms with Gasteiger partial charge in [0.25, 0.3) is 10.9 Å². The van der Waals surface area contributed by atoms with Crippen LogP contribution >= 0.6 is 11.6 Å². The van der Waals surface area contributed by atoms with Gasteiger partial charge in [-0.05, 0) is 36.6 Å². The zero-order valence-electron chi connectivity index (χ0n) is 16.4. The van der Waals surface area contributed by atoms with Crippen molar-refractivity contribution in [2.45, 2.75) is 33.7 Å². The molecule has 29 heavy (non-hydrogen) atoms. The Hall–Kier alpha value is -3.00. The van der Waals surface area contributed by atoms with Crippen LogP contribution in [0.4, 0.5) is 33.2 Å². The lowest BCUT2D eigenvalue weighted by Gasteiger charge is -2.30. The number of aromatic nitrogens is 2. The van der Waals surface area contributed by atoms with E-state index in [4.69, 9.17) is 11.6 Å². The zero-order valence-corrected chi connectivity index (χ0v) is 17.2. The highest BCUT2D eigenvalue weighted by Gasteiger charge is 2.27. The van der Waals surface area contributed by atoms with Gasteiger partial charge in [0.15, 0.2) is 0 Å². The Bertz CT molecular complexity index is 1120. The van der Waals surface area contributed by atoms with Crippen molar-refractivity contribution in [1.29, 1.82) is 0 Å². The molecule has 0 saturated carbocycles. The normalized spacial score (nSPS) is 12.6. The molecule has 1 unspecified atom stereocenters. The van der Waals surface area contributed by atoms with Gasteiger partial charge in [0.1, 0.15) is 23.0 Å². The van der Waals surface area contributed by atoms with Gasteiger partial charge in [0, 0.05) is 17.9 Å². The Morgan fingerprint density at radius 2 is 1.76 bits per heavy atom. The highest BCUT2D eigenvalue weighted by atomic mass is 35.5. The van der Waals surface area contributed by atoms with Crippen molar-refractivity contribution in [2.75, 3.05) is 16.0 Å². The molecule has 7 nitrogen and oxygen atoms in total. The average molecular weight is 418 g/mol. The summed E-state index contributed by atoms with van der Waals surface area (Å²) in [6, 6.07) is 5.67. The second kappa shape index (κ2) is 7.79. The zero-order chi connectivity index (χ0) is 21.3. The highest BCUT2D eigenvalue weighted by Crippen LogP contribution is 2.27. The van der Waals surface area contributed by atoms with Crippen LogP contribution in [0.2, 0.25) is 5.02 Å². The molecule has 2 aromatic carbocycles. The number of halogens is 2. The number of rotatable bonds is 6. The Morgan fingerprint density at radius 3 is 2.41 bits per heavy atom. The lowest BCUT2D eigenvalue weighted by atomic mass is 9.87. The minimum atomic E-state index is -0.605. The molecule has 3 rings (SSSR count). The first kappa shape index (κ1) is 20.7. The summed E-state index contributed by atoms with van der Waals surface area (Å²) in [7, 11) is 0. The van der Waals surface area contributed by atoms with E-state index < -0.39 is 16.7 Å². The number of hydrogen-bond donors (Lipinski definition) is 3. The van der Waals surface area contributed by atoms with Gasteiger partial charge in [0.05, 0.1) is 5.02 Å². The van der Waals surface area contributed by atoms with E-state index in [0.717, 1.165) is 0 Å². The third-order valence-electron chi connectivity index (χ3n) is 4.65. The molecule has 3 aromatic rings. The fraction of sp³-hybridized carbons (Fsp3) is 0.300. The molecule has 1 aromatic heterocycles. The van der Waals surface area contributed by atoms with Crippen molar-refractivity contribution in [3.8, 4) is 0 Å². The molecule has 0 amide bonds. The first-order valence-electron chi connectivity index (χ1n) is 8.98. The molecule has 0 aliphatic heterocycles. The Morgan fingerprint density at radius 1 is 1.07 bits per heavy atom. The van der Waals surface area contributed by atoms with Crippen molar-refractivity contribution in [3.63, 3.8) is 0 Å².